The van der Waals surface area contributed by atoms with Crippen LogP contribution in [0.4, 0.5) is 0 Å². The summed E-state index contributed by atoms with van der Waals surface area (Å²) in [6.07, 6.45) is -1.01. The van der Waals surface area contributed by atoms with Gasteiger partial charge in [0.15, 0.2) is 5.60 Å². The minimum Gasteiger partial charge on any atom is -0.507 e. The van der Waals surface area contributed by atoms with E-state index < -0.39 is 83.7 Å². The molecule has 0 bridgehead atoms. The molecule has 15 nitrogen and oxygen atoms in total. The maximum atomic E-state index is 12.6. The van der Waals surface area contributed by atoms with Crippen LogP contribution in [0.3, 0.4) is 0 Å². The fraction of sp³-hybridized carbons (Fsp3) is 0.765. The second kappa shape index (κ2) is 9.39. The first-order valence-corrected chi connectivity index (χ1v) is 12.0. The Morgan fingerprint density at radius 2 is 1.79 bits per heavy atom. The second-order valence-corrected chi connectivity index (χ2v) is 10.7. The van der Waals surface area contributed by atoms with Crippen LogP contribution in [-0.2, 0) is 38.7 Å². The number of hydrogen-bond donors (Lipinski definition) is 6. The zero-order valence-electron chi connectivity index (χ0n) is 18.1. The molecule has 2 aliphatic heterocycles. The highest BCUT2D eigenvalue weighted by atomic mass is 32.2. The van der Waals surface area contributed by atoms with Crippen molar-refractivity contribution in [2.75, 3.05) is 13.1 Å². The van der Waals surface area contributed by atoms with E-state index in [1.165, 1.54) is 0 Å². The highest BCUT2D eigenvalue weighted by molar-refractivity contribution is 7.87. The number of nitrogens with zero attached hydrogens (tertiary/aromatic N) is 1. The summed E-state index contributed by atoms with van der Waals surface area (Å²) in [5.74, 6) is -6.15. The van der Waals surface area contributed by atoms with Gasteiger partial charge in [-0.1, -0.05) is 6.42 Å². The number of nitrogens with one attached hydrogen (secondary N) is 1. The molecule has 190 valence electrons. The molecular weight excluding hydrogens is 479 g/mol. The lowest BCUT2D eigenvalue weighted by Crippen LogP contribution is -2.55. The van der Waals surface area contributed by atoms with Crippen LogP contribution in [0.2, 0.25) is 6.32 Å². The summed E-state index contributed by atoms with van der Waals surface area (Å²) in [5.41, 5.74) is 7.69. The van der Waals surface area contributed by atoms with E-state index in [9.17, 15) is 32.7 Å². The zero-order valence-corrected chi connectivity index (χ0v) is 18.9. The smallest absolute Gasteiger partial charge is 0.507 e. The molecule has 8 N–H and O–H groups in total. The van der Waals surface area contributed by atoms with E-state index in [-0.39, 0.29) is 31.7 Å². The Kier molecular flexibility index (Phi) is 7.26. The molecular formula is C17H27BN4O11S. The van der Waals surface area contributed by atoms with Crippen molar-refractivity contribution in [3.8, 4) is 0 Å². The average molecular weight is 506 g/mol. The van der Waals surface area contributed by atoms with Crippen molar-refractivity contribution in [3.05, 3.63) is 0 Å². The fourth-order valence-corrected chi connectivity index (χ4v) is 5.82. The molecule has 0 radical (unpaired) electrons. The minimum absolute atomic E-state index is 0.000848. The van der Waals surface area contributed by atoms with Crippen molar-refractivity contribution in [1.82, 2.24) is 9.03 Å². The molecule has 3 aliphatic rings. The first-order chi connectivity index (χ1) is 15.7. The van der Waals surface area contributed by atoms with Gasteiger partial charge in [0.2, 0.25) is 0 Å². The first-order valence-electron chi connectivity index (χ1n) is 10.6. The normalized spacial score (nSPS) is 30.8. The van der Waals surface area contributed by atoms with E-state index in [4.69, 9.17) is 31.0 Å². The maximum Gasteiger partial charge on any atom is 0.528 e. The summed E-state index contributed by atoms with van der Waals surface area (Å²) >= 11 is 0. The predicted molar refractivity (Wildman–Crippen MR) is 112 cm³/mol. The van der Waals surface area contributed by atoms with Gasteiger partial charge in [-0.15, -0.1) is 0 Å². The molecule has 0 amide bonds. The third-order valence-corrected chi connectivity index (χ3v) is 7.86. The SMILES string of the molecule is N[C@@H]1C[C@H]1NS(=O)(=O)N1C[C@H](CCCB2OC(=O)C(CC(=O)O)(CC(=O)O)O2)[C@](N)(C(=O)O)C1. The quantitative estimate of drug-likeness (QED) is 0.146. The number of carbonyl (C=O) groups excluding carboxylic acids is 1. The van der Waals surface area contributed by atoms with E-state index in [0.29, 0.717) is 6.42 Å². The van der Waals surface area contributed by atoms with E-state index >= 15 is 0 Å². The molecule has 3 rings (SSSR count). The second-order valence-electron chi connectivity index (χ2n) is 8.98. The summed E-state index contributed by atoms with van der Waals surface area (Å²) in [6, 6.07) is -0.703. The van der Waals surface area contributed by atoms with Gasteiger partial charge in [0.05, 0.1) is 12.8 Å². The fourth-order valence-electron chi connectivity index (χ4n) is 4.26. The van der Waals surface area contributed by atoms with Gasteiger partial charge in [0.25, 0.3) is 10.2 Å². The van der Waals surface area contributed by atoms with Gasteiger partial charge in [-0.05, 0) is 19.2 Å². The van der Waals surface area contributed by atoms with E-state index in [1.807, 2.05) is 0 Å². The highest BCUT2D eigenvalue weighted by Crippen LogP contribution is 2.35. The van der Waals surface area contributed by atoms with Crippen LogP contribution < -0.4 is 16.2 Å². The largest absolute Gasteiger partial charge is 0.528 e. The minimum atomic E-state index is -4.00. The third kappa shape index (κ3) is 5.50. The molecule has 0 aromatic carbocycles. The molecule has 0 unspecified atom stereocenters. The molecule has 17 heteroatoms. The molecule has 1 aliphatic carbocycles. The lowest BCUT2D eigenvalue weighted by Gasteiger charge is -2.25. The molecule has 4 atom stereocenters. The first kappa shape index (κ1) is 26.3. The Morgan fingerprint density at radius 1 is 1.21 bits per heavy atom. The summed E-state index contributed by atoms with van der Waals surface area (Å²) in [6.45, 7) is -0.604. The van der Waals surface area contributed by atoms with Crippen molar-refractivity contribution < 1.29 is 52.2 Å². The number of hydrogen-bond acceptors (Lipinski definition) is 10. The Labute approximate surface area is 195 Å². The molecule has 2 saturated heterocycles. The summed E-state index contributed by atoms with van der Waals surface area (Å²) in [4.78, 5) is 46.3. The molecule has 0 aromatic heterocycles. The van der Waals surface area contributed by atoms with E-state index in [1.54, 1.807) is 0 Å². The number of aliphatic carboxylic acids is 3. The predicted octanol–water partition coefficient (Wildman–Crippen LogP) is -2.84. The van der Waals surface area contributed by atoms with Gasteiger partial charge in [0, 0.05) is 31.1 Å². The van der Waals surface area contributed by atoms with Gasteiger partial charge in [-0.3, -0.25) is 19.2 Å². The van der Waals surface area contributed by atoms with Gasteiger partial charge in [-0.25, -0.2) is 0 Å². The summed E-state index contributed by atoms with van der Waals surface area (Å²) in [7, 11) is -5.23. The molecule has 34 heavy (non-hydrogen) atoms. The van der Waals surface area contributed by atoms with Crippen LogP contribution in [0.5, 0.6) is 0 Å². The number of rotatable bonds is 12. The topological polar surface area (TPSA) is 249 Å². The Balaban J connectivity index is 1.61. The van der Waals surface area contributed by atoms with Crippen LogP contribution in [0.15, 0.2) is 0 Å². The van der Waals surface area contributed by atoms with Crippen molar-refractivity contribution in [2.45, 2.75) is 61.6 Å². The summed E-state index contributed by atoms with van der Waals surface area (Å²) < 4.78 is 38.9. The monoisotopic (exact) mass is 506 g/mol. The van der Waals surface area contributed by atoms with Crippen LogP contribution in [0.25, 0.3) is 0 Å². The molecule has 0 aromatic rings. The van der Waals surface area contributed by atoms with Gasteiger partial charge < -0.3 is 36.1 Å². The number of carboxylic acids is 3. The van der Waals surface area contributed by atoms with E-state index in [2.05, 4.69) is 4.72 Å². The van der Waals surface area contributed by atoms with Crippen LogP contribution >= 0.6 is 0 Å². The zero-order chi connectivity index (χ0) is 25.5. The molecule has 3 fully saturated rings. The van der Waals surface area contributed by atoms with Crippen molar-refractivity contribution in [1.29, 1.82) is 0 Å². The number of carbonyl (C=O) groups is 4. The Bertz CT molecular complexity index is 963. The maximum absolute atomic E-state index is 12.6. The van der Waals surface area contributed by atoms with Crippen LogP contribution in [0, 0.1) is 5.92 Å². The molecule has 0 spiro atoms. The lowest BCUT2D eigenvalue weighted by molar-refractivity contribution is -0.157. The van der Waals surface area contributed by atoms with E-state index in [0.717, 1.165) is 4.31 Å². The Hall–Kier alpha value is -2.31. The average Bonchev–Trinajstić information content (AvgIpc) is 3.11. The van der Waals surface area contributed by atoms with Gasteiger partial charge in [-0.2, -0.15) is 17.4 Å². The van der Waals surface area contributed by atoms with Gasteiger partial charge in [0.1, 0.15) is 5.54 Å². The number of carboxylic acid groups (broad SMARTS) is 3. The standard InChI is InChI=1S/C17H27BN4O11S/c19-10-4-11(10)21-34(30,31)22-7-9(17(20,8-22)14(27)28)2-1-3-18-32-15(29)16(33-18,5-12(23)24)6-13(25)26/h9-11,21H,1-8,19-20H2,(H,23,24)(H,25,26)(H,27,28)/t9-,10+,11+,17-/m0/s1. The van der Waals surface area contributed by atoms with Crippen molar-refractivity contribution in [3.63, 3.8) is 0 Å². The van der Waals surface area contributed by atoms with Crippen molar-refractivity contribution in [2.24, 2.45) is 17.4 Å². The van der Waals surface area contributed by atoms with Crippen LogP contribution in [-0.4, -0.2) is 95.4 Å². The number of nitrogens with two attached hydrogens (primary N) is 2. The molecule has 2 heterocycles. The molecule has 1 saturated carbocycles. The van der Waals surface area contributed by atoms with Gasteiger partial charge >= 0.3 is 31.0 Å². The summed E-state index contributed by atoms with van der Waals surface area (Å²) in [5, 5.41) is 27.7. The van der Waals surface area contributed by atoms with Crippen molar-refractivity contribution >= 4 is 41.2 Å². The third-order valence-electron chi connectivity index (χ3n) is 6.30. The lowest BCUT2D eigenvalue weighted by atomic mass is 9.78. The highest BCUT2D eigenvalue weighted by Gasteiger charge is 2.56. The van der Waals surface area contributed by atoms with Crippen LogP contribution in [0.1, 0.15) is 32.1 Å². The Morgan fingerprint density at radius 3 is 2.29 bits per heavy atom.